The average molecular weight is 821 g/mol. The van der Waals surface area contributed by atoms with Crippen molar-refractivity contribution >= 4 is 0 Å². The molecule has 0 fully saturated rings. The minimum Gasteiger partial charge on any atom is -0.493 e. The molecule has 2 heterocycles. The van der Waals surface area contributed by atoms with Crippen LogP contribution in [0.4, 0.5) is 0 Å². The van der Waals surface area contributed by atoms with Crippen LogP contribution in [0.5, 0.6) is 23.0 Å². The lowest BCUT2D eigenvalue weighted by Crippen LogP contribution is -2.03. The van der Waals surface area contributed by atoms with E-state index in [2.05, 4.69) is 88.4 Å². The second-order valence-electron chi connectivity index (χ2n) is 16.6. The molecule has 330 valence electrons. The van der Waals surface area contributed by atoms with Crippen LogP contribution in [0.15, 0.2) is 73.1 Å². The molecule has 0 radical (unpaired) electrons. The Morgan fingerprint density at radius 2 is 0.600 bits per heavy atom. The number of rotatable bonds is 35. The fourth-order valence-electron chi connectivity index (χ4n) is 7.78. The normalized spacial score (nSPS) is 11.2. The van der Waals surface area contributed by atoms with Gasteiger partial charge in [0.1, 0.15) is 23.0 Å². The highest BCUT2D eigenvalue weighted by Crippen LogP contribution is 2.42. The molecule has 6 nitrogen and oxygen atoms in total. The van der Waals surface area contributed by atoms with E-state index in [1.165, 1.54) is 128 Å². The zero-order valence-corrected chi connectivity index (χ0v) is 38.3. The molecular weight excluding hydrogens is 741 g/mol. The van der Waals surface area contributed by atoms with E-state index in [9.17, 15) is 0 Å². The molecule has 0 saturated carbocycles. The SMILES string of the molecule is CCCCCCCCOc1cccc(OCCCCCCCC)c1-c1ccnc(-c2cc(-c3c(OCCCCCCCC)cccc3OCCCCCCCC)ccn2)c1. The monoisotopic (exact) mass is 821 g/mol. The highest BCUT2D eigenvalue weighted by atomic mass is 16.5. The molecule has 0 unspecified atom stereocenters. The summed E-state index contributed by atoms with van der Waals surface area (Å²) in [6.45, 7) is 11.8. The number of unbranched alkanes of at least 4 members (excludes halogenated alkanes) is 20. The second-order valence-corrected chi connectivity index (χ2v) is 16.6. The number of pyridine rings is 2. The van der Waals surface area contributed by atoms with Gasteiger partial charge in [0.2, 0.25) is 0 Å². The Morgan fingerprint density at radius 1 is 0.333 bits per heavy atom. The Bertz CT molecular complexity index is 1510. The van der Waals surface area contributed by atoms with Crippen LogP contribution in [-0.4, -0.2) is 36.4 Å². The van der Waals surface area contributed by atoms with Gasteiger partial charge in [-0.2, -0.15) is 0 Å². The summed E-state index contributed by atoms with van der Waals surface area (Å²) in [7, 11) is 0. The van der Waals surface area contributed by atoms with Crippen LogP contribution in [0.3, 0.4) is 0 Å². The maximum absolute atomic E-state index is 6.54. The first-order valence-electron chi connectivity index (χ1n) is 24.4. The van der Waals surface area contributed by atoms with Crippen LogP contribution in [0.1, 0.15) is 182 Å². The molecule has 2 aromatic heterocycles. The Balaban J connectivity index is 1.60. The van der Waals surface area contributed by atoms with Crippen LogP contribution >= 0.6 is 0 Å². The molecule has 60 heavy (non-hydrogen) atoms. The Labute approximate surface area is 365 Å². The summed E-state index contributed by atoms with van der Waals surface area (Å²) < 4.78 is 26.2. The van der Waals surface area contributed by atoms with Crippen molar-refractivity contribution in [1.29, 1.82) is 0 Å². The van der Waals surface area contributed by atoms with Crippen molar-refractivity contribution in [3.63, 3.8) is 0 Å². The summed E-state index contributed by atoms with van der Waals surface area (Å²) in [4.78, 5) is 9.74. The predicted octanol–water partition coefficient (Wildman–Crippen LogP) is 16.4. The summed E-state index contributed by atoms with van der Waals surface area (Å²) in [5, 5.41) is 0. The number of nitrogens with zero attached hydrogens (tertiary/aromatic N) is 2. The lowest BCUT2D eigenvalue weighted by Gasteiger charge is -2.18. The van der Waals surface area contributed by atoms with Crippen molar-refractivity contribution in [3.05, 3.63) is 73.1 Å². The average Bonchev–Trinajstić information content (AvgIpc) is 3.28. The first kappa shape index (κ1) is 48.6. The standard InChI is InChI=1S/C54H80N2O4/c1-5-9-13-17-21-25-39-57-49-31-29-32-50(58-40-26-22-18-14-10-6-2)53(49)45-35-37-55-47(43-45)48-44-46(36-38-56-48)54-51(59-41-27-23-19-15-11-7-3)33-30-34-52(54)60-42-28-24-20-16-12-8-4/h29-38,43-44H,5-28,39-42H2,1-4H3. The predicted molar refractivity (Wildman–Crippen MR) is 254 cm³/mol. The molecule has 4 aromatic rings. The molecule has 2 aromatic carbocycles. The Morgan fingerprint density at radius 3 is 0.883 bits per heavy atom. The van der Waals surface area contributed by atoms with E-state index in [4.69, 9.17) is 28.9 Å². The van der Waals surface area contributed by atoms with Crippen LogP contribution < -0.4 is 18.9 Å². The molecule has 0 saturated heterocycles. The molecule has 0 aliphatic carbocycles. The van der Waals surface area contributed by atoms with E-state index >= 15 is 0 Å². The zero-order valence-electron chi connectivity index (χ0n) is 38.3. The molecule has 0 aliphatic heterocycles. The van der Waals surface area contributed by atoms with Gasteiger partial charge in [-0.05, 0) is 85.3 Å². The van der Waals surface area contributed by atoms with Gasteiger partial charge in [-0.1, -0.05) is 168 Å². The molecular formula is C54H80N2O4. The quantitative estimate of drug-likeness (QED) is 0.0431. The Hall–Kier alpha value is -4.06. The molecule has 6 heteroatoms. The number of hydrogen-bond acceptors (Lipinski definition) is 6. The Kier molecular flexibility index (Phi) is 25.0. The minimum atomic E-state index is 0.686. The maximum Gasteiger partial charge on any atom is 0.130 e. The van der Waals surface area contributed by atoms with Gasteiger partial charge in [0.15, 0.2) is 0 Å². The number of ether oxygens (including phenoxy) is 4. The molecule has 4 rings (SSSR count). The van der Waals surface area contributed by atoms with Gasteiger partial charge in [-0.15, -0.1) is 0 Å². The van der Waals surface area contributed by atoms with E-state index in [0.717, 1.165) is 82.3 Å². The molecule has 0 bridgehead atoms. The first-order valence-corrected chi connectivity index (χ1v) is 24.4. The van der Waals surface area contributed by atoms with Gasteiger partial charge in [0.05, 0.1) is 48.9 Å². The van der Waals surface area contributed by atoms with E-state index in [0.29, 0.717) is 26.4 Å². The molecule has 0 N–H and O–H groups in total. The van der Waals surface area contributed by atoms with Crippen molar-refractivity contribution in [2.75, 3.05) is 26.4 Å². The zero-order chi connectivity index (χ0) is 42.3. The summed E-state index contributed by atoms with van der Waals surface area (Å²) in [6, 6.07) is 20.8. The maximum atomic E-state index is 6.54. The fourth-order valence-corrected chi connectivity index (χ4v) is 7.78. The van der Waals surface area contributed by atoms with Gasteiger partial charge in [-0.25, -0.2) is 0 Å². The van der Waals surface area contributed by atoms with E-state index < -0.39 is 0 Å². The fraction of sp³-hybridized carbons (Fsp3) is 0.593. The molecule has 0 spiro atoms. The van der Waals surface area contributed by atoms with Gasteiger partial charge < -0.3 is 18.9 Å². The van der Waals surface area contributed by atoms with Gasteiger partial charge in [0, 0.05) is 12.4 Å². The van der Waals surface area contributed by atoms with Crippen LogP contribution in [0.2, 0.25) is 0 Å². The second kappa shape index (κ2) is 30.9. The number of benzene rings is 2. The smallest absolute Gasteiger partial charge is 0.130 e. The van der Waals surface area contributed by atoms with E-state index in [1.54, 1.807) is 0 Å². The third kappa shape index (κ3) is 17.9. The van der Waals surface area contributed by atoms with Gasteiger partial charge in [0.25, 0.3) is 0 Å². The van der Waals surface area contributed by atoms with Crippen molar-refractivity contribution in [2.45, 2.75) is 182 Å². The molecule has 0 amide bonds. The largest absolute Gasteiger partial charge is 0.493 e. The van der Waals surface area contributed by atoms with Crippen LogP contribution in [0.25, 0.3) is 33.6 Å². The third-order valence-corrected chi connectivity index (χ3v) is 11.4. The highest BCUT2D eigenvalue weighted by Gasteiger charge is 2.18. The van der Waals surface area contributed by atoms with E-state index in [1.807, 2.05) is 12.4 Å². The lowest BCUT2D eigenvalue weighted by atomic mass is 10.0. The van der Waals surface area contributed by atoms with Gasteiger partial charge in [-0.3, -0.25) is 9.97 Å². The summed E-state index contributed by atoms with van der Waals surface area (Å²) in [5.41, 5.74) is 5.56. The lowest BCUT2D eigenvalue weighted by molar-refractivity contribution is 0.291. The minimum absolute atomic E-state index is 0.686. The molecule has 0 aliphatic rings. The number of aromatic nitrogens is 2. The van der Waals surface area contributed by atoms with Crippen molar-refractivity contribution in [2.24, 2.45) is 0 Å². The summed E-state index contributed by atoms with van der Waals surface area (Å²) in [6.07, 6.45) is 33.1. The van der Waals surface area contributed by atoms with Crippen LogP contribution in [0, 0.1) is 0 Å². The molecule has 0 atom stereocenters. The summed E-state index contributed by atoms with van der Waals surface area (Å²) >= 11 is 0. The van der Waals surface area contributed by atoms with Crippen molar-refractivity contribution in [1.82, 2.24) is 9.97 Å². The van der Waals surface area contributed by atoms with Crippen LogP contribution in [-0.2, 0) is 0 Å². The third-order valence-electron chi connectivity index (χ3n) is 11.4. The first-order chi connectivity index (χ1) is 29.7. The van der Waals surface area contributed by atoms with Crippen molar-refractivity contribution in [3.8, 4) is 56.6 Å². The van der Waals surface area contributed by atoms with E-state index in [-0.39, 0.29) is 0 Å². The van der Waals surface area contributed by atoms with Gasteiger partial charge >= 0.3 is 0 Å². The topological polar surface area (TPSA) is 62.7 Å². The number of hydrogen-bond donors (Lipinski definition) is 0. The summed E-state index contributed by atoms with van der Waals surface area (Å²) in [5.74, 6) is 3.41. The highest BCUT2D eigenvalue weighted by molar-refractivity contribution is 5.81. The van der Waals surface area contributed by atoms with Crippen molar-refractivity contribution < 1.29 is 18.9 Å².